The second-order valence-electron chi connectivity index (χ2n) is 8.42. The highest BCUT2D eigenvalue weighted by molar-refractivity contribution is 6.31. The van der Waals surface area contributed by atoms with Gasteiger partial charge in [0, 0.05) is 38.8 Å². The highest BCUT2D eigenvalue weighted by atomic mass is 35.5. The lowest BCUT2D eigenvalue weighted by molar-refractivity contribution is -0.161. The number of amides is 1. The van der Waals surface area contributed by atoms with Crippen LogP contribution in [0.3, 0.4) is 0 Å². The molecule has 9 heteroatoms. The van der Waals surface area contributed by atoms with Crippen LogP contribution in [0.1, 0.15) is 35.8 Å². The molecule has 3 heterocycles. The number of carbonyl (C=O) groups is 1. The quantitative estimate of drug-likeness (QED) is 0.644. The molecule has 1 amide bonds. The van der Waals surface area contributed by atoms with E-state index in [9.17, 15) is 13.6 Å². The summed E-state index contributed by atoms with van der Waals surface area (Å²) in [6.07, 6.45) is 3.80. The third-order valence-electron chi connectivity index (χ3n) is 6.14. The van der Waals surface area contributed by atoms with E-state index in [0.717, 1.165) is 56.7 Å². The normalized spacial score (nSPS) is 20.8. The van der Waals surface area contributed by atoms with E-state index in [1.807, 2.05) is 19.1 Å². The Morgan fingerprint density at radius 2 is 1.91 bits per heavy atom. The van der Waals surface area contributed by atoms with Crippen LogP contribution in [0.5, 0.6) is 0 Å². The minimum absolute atomic E-state index is 0. The Morgan fingerprint density at radius 3 is 2.56 bits per heavy atom. The van der Waals surface area contributed by atoms with Gasteiger partial charge < -0.3 is 14.5 Å². The molecule has 174 valence electrons. The standard InChI is InChI=1S/C23H26ClF2N3O2.ClH/c1-16-14-29(22(30)21-18(25)5-2-6-19(21)26)15-23(31-16)8-12-28(13-9-23)11-7-20-17(24)4-3-10-27-20;/h2-6,10,16H,7-9,11-15H2,1H3;1H. The van der Waals surface area contributed by atoms with Crippen LogP contribution in [0.2, 0.25) is 5.02 Å². The molecule has 4 rings (SSSR count). The Kier molecular flexibility index (Phi) is 8.09. The molecule has 2 saturated heterocycles. The molecule has 2 fully saturated rings. The van der Waals surface area contributed by atoms with Gasteiger partial charge in [-0.2, -0.15) is 0 Å². The smallest absolute Gasteiger partial charge is 0.260 e. The van der Waals surface area contributed by atoms with Gasteiger partial charge in [0.15, 0.2) is 0 Å². The van der Waals surface area contributed by atoms with Crippen LogP contribution in [-0.2, 0) is 11.2 Å². The summed E-state index contributed by atoms with van der Waals surface area (Å²) in [5, 5.41) is 0.676. The van der Waals surface area contributed by atoms with Crippen LogP contribution < -0.4 is 0 Å². The SMILES string of the molecule is CC1CN(C(=O)c2c(F)cccc2F)CC2(CCN(CCc3ncccc3Cl)CC2)O1.Cl. The molecular formula is C23H27Cl2F2N3O2. The van der Waals surface area contributed by atoms with Crippen molar-refractivity contribution >= 4 is 29.9 Å². The van der Waals surface area contributed by atoms with E-state index < -0.39 is 28.7 Å². The summed E-state index contributed by atoms with van der Waals surface area (Å²) in [7, 11) is 0. The number of aromatic nitrogens is 1. The lowest BCUT2D eigenvalue weighted by Crippen LogP contribution is -2.60. The van der Waals surface area contributed by atoms with Gasteiger partial charge in [-0.15, -0.1) is 12.4 Å². The molecule has 1 unspecified atom stereocenters. The third-order valence-corrected chi connectivity index (χ3v) is 6.48. The summed E-state index contributed by atoms with van der Waals surface area (Å²) in [5.41, 5.74) is -0.0964. The molecule has 1 aromatic heterocycles. The first-order valence-corrected chi connectivity index (χ1v) is 11.0. The van der Waals surface area contributed by atoms with Crippen LogP contribution >= 0.6 is 24.0 Å². The van der Waals surface area contributed by atoms with Gasteiger partial charge in [0.2, 0.25) is 0 Å². The van der Waals surface area contributed by atoms with Gasteiger partial charge in [-0.25, -0.2) is 8.78 Å². The first-order chi connectivity index (χ1) is 14.9. The Hall–Kier alpha value is -1.80. The number of pyridine rings is 1. The van der Waals surface area contributed by atoms with Crippen molar-refractivity contribution in [3.8, 4) is 0 Å². The molecule has 1 spiro atoms. The predicted octanol–water partition coefficient (Wildman–Crippen LogP) is 4.37. The summed E-state index contributed by atoms with van der Waals surface area (Å²) >= 11 is 6.20. The molecule has 0 bridgehead atoms. The number of halogens is 4. The van der Waals surface area contributed by atoms with E-state index in [1.165, 1.54) is 6.07 Å². The van der Waals surface area contributed by atoms with Crippen molar-refractivity contribution < 1.29 is 18.3 Å². The topological polar surface area (TPSA) is 45.7 Å². The zero-order chi connectivity index (χ0) is 22.0. The number of carbonyl (C=O) groups excluding carboxylic acids is 1. The van der Waals surface area contributed by atoms with Gasteiger partial charge in [-0.3, -0.25) is 9.78 Å². The van der Waals surface area contributed by atoms with Gasteiger partial charge in [0.25, 0.3) is 5.91 Å². The maximum absolute atomic E-state index is 14.2. The molecular weight excluding hydrogens is 459 g/mol. The molecule has 5 nitrogen and oxygen atoms in total. The van der Waals surface area contributed by atoms with Crippen LogP contribution in [0, 0.1) is 11.6 Å². The molecule has 2 aliphatic rings. The van der Waals surface area contributed by atoms with Gasteiger partial charge in [-0.05, 0) is 44.0 Å². The third kappa shape index (κ3) is 5.39. The Labute approximate surface area is 198 Å². The van der Waals surface area contributed by atoms with E-state index in [-0.39, 0.29) is 18.5 Å². The fraction of sp³-hybridized carbons (Fsp3) is 0.478. The van der Waals surface area contributed by atoms with E-state index in [1.54, 1.807) is 11.1 Å². The molecule has 0 saturated carbocycles. The summed E-state index contributed by atoms with van der Waals surface area (Å²) in [4.78, 5) is 21.1. The highest BCUT2D eigenvalue weighted by Crippen LogP contribution is 2.33. The minimum atomic E-state index is -0.832. The van der Waals surface area contributed by atoms with E-state index in [4.69, 9.17) is 16.3 Å². The average Bonchev–Trinajstić information content (AvgIpc) is 2.74. The first-order valence-electron chi connectivity index (χ1n) is 10.6. The number of ether oxygens (including phenoxy) is 1. The average molecular weight is 486 g/mol. The van der Waals surface area contributed by atoms with Gasteiger partial charge in [-0.1, -0.05) is 17.7 Å². The second-order valence-corrected chi connectivity index (χ2v) is 8.82. The number of morpholine rings is 1. The second kappa shape index (κ2) is 10.4. The van der Waals surface area contributed by atoms with Crippen molar-refractivity contribution in [3.05, 3.63) is 64.4 Å². The van der Waals surface area contributed by atoms with Gasteiger partial charge in [0.1, 0.15) is 17.2 Å². The van der Waals surface area contributed by atoms with Crippen LogP contribution in [0.15, 0.2) is 36.5 Å². The maximum Gasteiger partial charge on any atom is 0.260 e. The van der Waals surface area contributed by atoms with Crippen molar-refractivity contribution in [2.24, 2.45) is 0 Å². The van der Waals surface area contributed by atoms with E-state index in [0.29, 0.717) is 18.1 Å². The number of nitrogens with zero attached hydrogens (tertiary/aromatic N) is 3. The summed E-state index contributed by atoms with van der Waals surface area (Å²) in [6.45, 7) is 5.01. The zero-order valence-electron chi connectivity index (χ0n) is 17.9. The largest absolute Gasteiger partial charge is 0.368 e. The maximum atomic E-state index is 14.2. The Balaban J connectivity index is 0.00000289. The van der Waals surface area contributed by atoms with Gasteiger partial charge in [0.05, 0.1) is 29.0 Å². The summed E-state index contributed by atoms with van der Waals surface area (Å²) < 4.78 is 34.6. The Morgan fingerprint density at radius 1 is 1.22 bits per heavy atom. The predicted molar refractivity (Wildman–Crippen MR) is 121 cm³/mol. The van der Waals surface area contributed by atoms with Crippen molar-refractivity contribution in [1.82, 2.24) is 14.8 Å². The number of hydrogen-bond donors (Lipinski definition) is 0. The van der Waals surface area contributed by atoms with Crippen LogP contribution in [-0.4, -0.2) is 65.1 Å². The number of benzene rings is 1. The molecule has 2 aromatic rings. The zero-order valence-corrected chi connectivity index (χ0v) is 19.5. The lowest BCUT2D eigenvalue weighted by atomic mass is 9.88. The van der Waals surface area contributed by atoms with E-state index >= 15 is 0 Å². The van der Waals surface area contributed by atoms with Crippen molar-refractivity contribution in [2.75, 3.05) is 32.7 Å². The van der Waals surface area contributed by atoms with Crippen molar-refractivity contribution in [2.45, 2.75) is 37.9 Å². The number of rotatable bonds is 4. The molecule has 2 aliphatic heterocycles. The fourth-order valence-electron chi connectivity index (χ4n) is 4.57. The molecule has 0 N–H and O–H groups in total. The van der Waals surface area contributed by atoms with Crippen LogP contribution in [0.4, 0.5) is 8.78 Å². The molecule has 32 heavy (non-hydrogen) atoms. The van der Waals surface area contributed by atoms with E-state index in [2.05, 4.69) is 9.88 Å². The van der Waals surface area contributed by atoms with Gasteiger partial charge >= 0.3 is 0 Å². The minimum Gasteiger partial charge on any atom is -0.368 e. The molecule has 1 aromatic carbocycles. The van der Waals surface area contributed by atoms with Crippen molar-refractivity contribution in [3.63, 3.8) is 0 Å². The summed E-state index contributed by atoms with van der Waals surface area (Å²) in [5.74, 6) is -2.28. The van der Waals surface area contributed by atoms with Crippen molar-refractivity contribution in [1.29, 1.82) is 0 Å². The number of likely N-dealkylation sites (tertiary alicyclic amines) is 1. The summed E-state index contributed by atoms with van der Waals surface area (Å²) in [6, 6.07) is 7.15. The molecule has 1 atom stereocenters. The fourth-order valence-corrected chi connectivity index (χ4v) is 4.78. The van der Waals surface area contributed by atoms with Crippen LogP contribution in [0.25, 0.3) is 0 Å². The number of piperidine rings is 1. The molecule has 0 radical (unpaired) electrons. The lowest BCUT2D eigenvalue weighted by Gasteiger charge is -2.49. The highest BCUT2D eigenvalue weighted by Gasteiger charge is 2.43. The Bertz CT molecular complexity index is 934. The number of hydrogen-bond acceptors (Lipinski definition) is 4. The monoisotopic (exact) mass is 485 g/mol. The first kappa shape index (κ1) is 24.8. The molecule has 0 aliphatic carbocycles.